The van der Waals surface area contributed by atoms with Gasteiger partial charge in [0.05, 0.1) is 6.04 Å². The molecule has 2 amide bonds. The van der Waals surface area contributed by atoms with Gasteiger partial charge in [0.15, 0.2) is 5.78 Å². The quantitative estimate of drug-likeness (QED) is 0.685. The van der Waals surface area contributed by atoms with Crippen LogP contribution in [0.15, 0.2) is 41.8 Å². The monoisotopic (exact) mass is 404 g/mol. The number of carbonyl (C=O) groups is 2. The number of hydrogen-bond donors (Lipinski definition) is 3. The average molecular weight is 405 g/mol. The maximum absolute atomic E-state index is 13.6. The summed E-state index contributed by atoms with van der Waals surface area (Å²) in [6.07, 6.45) is -5.27. The van der Waals surface area contributed by atoms with Crippen LogP contribution in [-0.2, 0) is 0 Å². The van der Waals surface area contributed by atoms with Crippen LogP contribution in [0.5, 0.6) is 0 Å². The second-order valence-electron chi connectivity index (χ2n) is 5.70. The van der Waals surface area contributed by atoms with Gasteiger partial charge in [-0.15, -0.1) is 11.3 Å². The van der Waals surface area contributed by atoms with Crippen LogP contribution in [0, 0.1) is 5.92 Å². The van der Waals surface area contributed by atoms with Crippen LogP contribution in [-0.4, -0.2) is 28.8 Å². The Labute approximate surface area is 154 Å². The number of nitrogens with one attached hydrogen (secondary N) is 2. The molecule has 1 aromatic heterocycles. The highest BCUT2D eigenvalue weighted by molar-refractivity contribution is 7.10. The largest absolute Gasteiger partial charge is 0.437 e. The van der Waals surface area contributed by atoms with Gasteiger partial charge in [-0.25, -0.2) is 4.79 Å². The maximum Gasteiger partial charge on any atom is 0.437 e. The van der Waals surface area contributed by atoms with E-state index < -0.39 is 35.7 Å². The van der Waals surface area contributed by atoms with Crippen molar-refractivity contribution < 1.29 is 27.9 Å². The molecular formula is C16H12ClF3N2O3S. The Morgan fingerprint density at radius 3 is 2.42 bits per heavy atom. The van der Waals surface area contributed by atoms with Crippen LogP contribution < -0.4 is 10.6 Å². The van der Waals surface area contributed by atoms with Crippen LogP contribution in [0.25, 0.3) is 0 Å². The summed E-state index contributed by atoms with van der Waals surface area (Å²) in [5, 5.41) is 16.0. The van der Waals surface area contributed by atoms with Gasteiger partial charge in [0.1, 0.15) is 5.92 Å². The van der Waals surface area contributed by atoms with E-state index in [1.807, 2.05) is 0 Å². The van der Waals surface area contributed by atoms with Crippen LogP contribution >= 0.6 is 22.9 Å². The predicted molar refractivity (Wildman–Crippen MR) is 89.0 cm³/mol. The zero-order chi connectivity index (χ0) is 19.1. The normalized spacial score (nSPS) is 26.1. The van der Waals surface area contributed by atoms with Crippen molar-refractivity contribution in [3.05, 3.63) is 57.2 Å². The molecule has 1 aromatic carbocycles. The average Bonchev–Trinajstić information content (AvgIpc) is 3.07. The molecule has 1 aliphatic heterocycles. The second-order valence-corrected chi connectivity index (χ2v) is 7.12. The third kappa shape index (κ3) is 3.17. The Kier molecular flexibility index (Phi) is 4.72. The highest BCUT2D eigenvalue weighted by Crippen LogP contribution is 2.44. The zero-order valence-electron chi connectivity index (χ0n) is 12.9. The Hall–Kier alpha value is -2.10. The van der Waals surface area contributed by atoms with Crippen molar-refractivity contribution >= 4 is 34.8 Å². The molecule has 26 heavy (non-hydrogen) atoms. The first-order chi connectivity index (χ1) is 12.1. The SMILES string of the molecule is O=C1N[C@@H](c2cccs2)[C@@H](C(=O)c2ccc(Cl)cc2)[C@](O)(C(F)(F)F)N1. The molecule has 0 radical (unpaired) electrons. The number of hydrogen-bond acceptors (Lipinski definition) is 4. The number of aliphatic hydroxyl groups is 1. The number of benzene rings is 1. The molecule has 10 heteroatoms. The second kappa shape index (κ2) is 6.57. The van der Waals surface area contributed by atoms with Gasteiger partial charge in [-0.1, -0.05) is 17.7 Å². The molecule has 1 aliphatic rings. The number of amides is 2. The van der Waals surface area contributed by atoms with E-state index in [4.69, 9.17) is 11.6 Å². The minimum Gasteiger partial charge on any atom is -0.363 e. The smallest absolute Gasteiger partial charge is 0.363 e. The van der Waals surface area contributed by atoms with E-state index in [-0.39, 0.29) is 5.56 Å². The molecule has 0 unspecified atom stereocenters. The molecule has 3 atom stereocenters. The number of Topliss-reactive ketones (excluding diaryl/α,β-unsaturated/α-hetero) is 1. The van der Waals surface area contributed by atoms with Crippen molar-refractivity contribution in [3.8, 4) is 0 Å². The number of carbonyl (C=O) groups excluding carboxylic acids is 2. The fraction of sp³-hybridized carbons (Fsp3) is 0.250. The standard InChI is InChI=1S/C16H12ClF3N2O3S/c17-9-5-3-8(4-6-9)13(23)11-12(10-2-1-7-26-10)21-14(24)22-15(11,25)16(18,19)20/h1-7,11-12,25H,(H2,21,22,24)/t11-,12-,15-/m0/s1. The molecule has 0 saturated carbocycles. The van der Waals surface area contributed by atoms with E-state index in [1.165, 1.54) is 35.6 Å². The first kappa shape index (κ1) is 18.7. The summed E-state index contributed by atoms with van der Waals surface area (Å²) in [4.78, 5) is 25.0. The number of rotatable bonds is 3. The van der Waals surface area contributed by atoms with E-state index in [9.17, 15) is 27.9 Å². The Balaban J connectivity index is 2.13. The summed E-state index contributed by atoms with van der Waals surface area (Å²) in [7, 11) is 0. The molecular weight excluding hydrogens is 393 g/mol. The van der Waals surface area contributed by atoms with Crippen molar-refractivity contribution in [1.82, 2.24) is 10.6 Å². The summed E-state index contributed by atoms with van der Waals surface area (Å²) in [6.45, 7) is 0. The molecule has 1 fully saturated rings. The lowest BCUT2D eigenvalue weighted by molar-refractivity contribution is -0.287. The Morgan fingerprint density at radius 2 is 1.88 bits per heavy atom. The summed E-state index contributed by atoms with van der Waals surface area (Å²) < 4.78 is 40.9. The highest BCUT2D eigenvalue weighted by Gasteiger charge is 2.66. The van der Waals surface area contributed by atoms with E-state index in [1.54, 1.807) is 11.4 Å². The third-order valence-electron chi connectivity index (χ3n) is 4.07. The van der Waals surface area contributed by atoms with E-state index in [2.05, 4.69) is 5.32 Å². The fourth-order valence-electron chi connectivity index (χ4n) is 2.84. The molecule has 3 rings (SSSR count). The van der Waals surface area contributed by atoms with E-state index in [0.29, 0.717) is 9.90 Å². The van der Waals surface area contributed by atoms with Crippen molar-refractivity contribution in [2.75, 3.05) is 0 Å². The highest BCUT2D eigenvalue weighted by atomic mass is 35.5. The zero-order valence-corrected chi connectivity index (χ0v) is 14.5. The fourth-order valence-corrected chi connectivity index (χ4v) is 3.78. The molecule has 3 N–H and O–H groups in total. The summed E-state index contributed by atoms with van der Waals surface area (Å²) >= 11 is 6.82. The minimum atomic E-state index is -5.27. The van der Waals surface area contributed by atoms with E-state index in [0.717, 1.165) is 11.3 Å². The molecule has 0 aliphatic carbocycles. The van der Waals surface area contributed by atoms with Gasteiger partial charge in [-0.3, -0.25) is 4.79 Å². The predicted octanol–water partition coefficient (Wildman–Crippen LogP) is 3.51. The van der Waals surface area contributed by atoms with Gasteiger partial charge >= 0.3 is 12.2 Å². The number of halogens is 4. The minimum absolute atomic E-state index is 0.0680. The van der Waals surface area contributed by atoms with Crippen molar-refractivity contribution in [1.29, 1.82) is 0 Å². The Morgan fingerprint density at radius 1 is 1.23 bits per heavy atom. The first-order valence-corrected chi connectivity index (χ1v) is 8.60. The van der Waals surface area contributed by atoms with Gasteiger partial charge in [-0.2, -0.15) is 13.2 Å². The van der Waals surface area contributed by atoms with Crippen LogP contribution in [0.2, 0.25) is 5.02 Å². The van der Waals surface area contributed by atoms with Gasteiger partial charge in [0.2, 0.25) is 5.72 Å². The third-order valence-corrected chi connectivity index (χ3v) is 5.27. The lowest BCUT2D eigenvalue weighted by atomic mass is 9.79. The topological polar surface area (TPSA) is 78.4 Å². The van der Waals surface area contributed by atoms with E-state index >= 15 is 0 Å². The lowest BCUT2D eigenvalue weighted by Gasteiger charge is -2.44. The van der Waals surface area contributed by atoms with Crippen molar-refractivity contribution in [2.45, 2.75) is 17.9 Å². The Bertz CT molecular complexity index is 826. The first-order valence-electron chi connectivity index (χ1n) is 7.34. The van der Waals surface area contributed by atoms with Crippen molar-refractivity contribution in [3.63, 3.8) is 0 Å². The lowest BCUT2D eigenvalue weighted by Crippen LogP contribution is -2.72. The number of urea groups is 1. The van der Waals surface area contributed by atoms with Crippen LogP contribution in [0.1, 0.15) is 21.3 Å². The number of thiophene rings is 1. The van der Waals surface area contributed by atoms with Crippen LogP contribution in [0.3, 0.4) is 0 Å². The molecule has 0 bridgehead atoms. The number of alkyl halides is 3. The molecule has 1 saturated heterocycles. The maximum atomic E-state index is 13.6. The molecule has 2 aromatic rings. The van der Waals surface area contributed by atoms with Crippen molar-refractivity contribution in [2.24, 2.45) is 5.92 Å². The molecule has 0 spiro atoms. The molecule has 5 nitrogen and oxygen atoms in total. The molecule has 2 heterocycles. The van der Waals surface area contributed by atoms with Gasteiger partial charge in [-0.05, 0) is 35.7 Å². The van der Waals surface area contributed by atoms with Crippen LogP contribution in [0.4, 0.5) is 18.0 Å². The summed E-state index contributed by atoms with van der Waals surface area (Å²) in [5.41, 5.74) is -3.79. The molecule has 138 valence electrons. The van der Waals surface area contributed by atoms with Gasteiger partial charge in [0.25, 0.3) is 0 Å². The van der Waals surface area contributed by atoms with Gasteiger partial charge < -0.3 is 15.7 Å². The summed E-state index contributed by atoms with van der Waals surface area (Å²) in [6, 6.07) is 5.74. The summed E-state index contributed by atoms with van der Waals surface area (Å²) in [5.74, 6) is -3.01. The number of ketones is 1. The van der Waals surface area contributed by atoms with Gasteiger partial charge in [0, 0.05) is 15.5 Å².